The number of rotatable bonds is 6. The quantitative estimate of drug-likeness (QED) is 0.788. The third kappa shape index (κ3) is 3.85. The van der Waals surface area contributed by atoms with Crippen molar-refractivity contribution in [2.75, 3.05) is 59.4 Å². The summed E-state index contributed by atoms with van der Waals surface area (Å²) in [6, 6.07) is 4.17. The lowest BCUT2D eigenvalue weighted by Gasteiger charge is -2.35. The van der Waals surface area contributed by atoms with E-state index < -0.39 is 0 Å². The summed E-state index contributed by atoms with van der Waals surface area (Å²) >= 11 is 0. The number of morpholine rings is 1. The number of aromatic nitrogens is 1. The van der Waals surface area contributed by atoms with Gasteiger partial charge in [0.1, 0.15) is 12.5 Å². The van der Waals surface area contributed by atoms with Crippen molar-refractivity contribution in [3.05, 3.63) is 33.6 Å². The summed E-state index contributed by atoms with van der Waals surface area (Å²) in [5.74, 6) is 0.781. The molecule has 1 fully saturated rings. The SMILES string of the molecule is COCn1c(=O)c2c(c3c(OC)cc(CN(C)N4CCOCC4)cc31)NCCC2. The van der Waals surface area contributed by atoms with Gasteiger partial charge in [0.2, 0.25) is 0 Å². The first-order chi connectivity index (χ1) is 14.1. The van der Waals surface area contributed by atoms with Gasteiger partial charge in [0.05, 0.1) is 36.9 Å². The third-order valence-electron chi connectivity index (χ3n) is 5.75. The number of ether oxygens (including phenoxy) is 3. The molecule has 8 heteroatoms. The van der Waals surface area contributed by atoms with Crippen molar-refractivity contribution in [3.63, 3.8) is 0 Å². The maximum absolute atomic E-state index is 13.2. The van der Waals surface area contributed by atoms with Crippen molar-refractivity contribution in [2.45, 2.75) is 26.1 Å². The first-order valence-electron chi connectivity index (χ1n) is 10.2. The topological polar surface area (TPSA) is 68.2 Å². The fourth-order valence-corrected chi connectivity index (χ4v) is 4.32. The van der Waals surface area contributed by atoms with E-state index in [4.69, 9.17) is 14.2 Å². The van der Waals surface area contributed by atoms with Gasteiger partial charge in [0.15, 0.2) is 0 Å². The van der Waals surface area contributed by atoms with Gasteiger partial charge in [0, 0.05) is 45.9 Å². The summed E-state index contributed by atoms with van der Waals surface area (Å²) in [6.45, 7) is 5.06. The number of methoxy groups -OCH3 is 2. The van der Waals surface area contributed by atoms with Crippen molar-refractivity contribution in [3.8, 4) is 5.75 Å². The Kier molecular flexibility index (Phi) is 6.05. The fraction of sp³-hybridized carbons (Fsp3) is 0.571. The van der Waals surface area contributed by atoms with E-state index in [-0.39, 0.29) is 12.3 Å². The van der Waals surface area contributed by atoms with Crippen molar-refractivity contribution >= 4 is 16.6 Å². The summed E-state index contributed by atoms with van der Waals surface area (Å²) in [6.07, 6.45) is 1.72. The molecule has 1 aromatic carbocycles. The highest BCUT2D eigenvalue weighted by Crippen LogP contribution is 2.37. The van der Waals surface area contributed by atoms with E-state index in [1.54, 1.807) is 18.8 Å². The molecule has 158 valence electrons. The Morgan fingerprint density at radius 1 is 1.24 bits per heavy atom. The number of benzene rings is 1. The molecule has 2 aliphatic rings. The van der Waals surface area contributed by atoms with E-state index in [0.29, 0.717) is 0 Å². The van der Waals surface area contributed by atoms with Crippen LogP contribution in [0.15, 0.2) is 16.9 Å². The predicted molar refractivity (Wildman–Crippen MR) is 112 cm³/mol. The molecular formula is C21H30N4O4. The van der Waals surface area contributed by atoms with Crippen LogP contribution in [0.5, 0.6) is 5.75 Å². The van der Waals surface area contributed by atoms with E-state index in [1.807, 2.05) is 0 Å². The molecule has 0 bridgehead atoms. The number of pyridine rings is 1. The van der Waals surface area contributed by atoms with Crippen LogP contribution in [0, 0.1) is 0 Å². The highest BCUT2D eigenvalue weighted by atomic mass is 16.5. The van der Waals surface area contributed by atoms with E-state index in [2.05, 4.69) is 34.5 Å². The van der Waals surface area contributed by atoms with Crippen LogP contribution >= 0.6 is 0 Å². The second kappa shape index (κ2) is 8.71. The Morgan fingerprint density at radius 2 is 2.03 bits per heavy atom. The smallest absolute Gasteiger partial charge is 0.258 e. The van der Waals surface area contributed by atoms with Crippen LogP contribution in [-0.2, 0) is 29.2 Å². The van der Waals surface area contributed by atoms with Crippen molar-refractivity contribution in [1.29, 1.82) is 0 Å². The zero-order valence-corrected chi connectivity index (χ0v) is 17.5. The molecule has 1 aromatic heterocycles. The standard InChI is InChI=1S/C21H30N4O4/c1-23(24-7-9-29-10-8-24)13-15-11-17-19(18(12-15)28-3)20-16(5-4-6-22-20)21(26)25(17)14-27-2/h11-12,22H,4-10,13-14H2,1-3H3. The number of nitrogens with zero attached hydrogens (tertiary/aromatic N) is 3. The van der Waals surface area contributed by atoms with Gasteiger partial charge < -0.3 is 19.5 Å². The van der Waals surface area contributed by atoms with Crippen molar-refractivity contribution in [1.82, 2.24) is 14.6 Å². The molecule has 0 spiro atoms. The van der Waals surface area contributed by atoms with Crippen LogP contribution in [0.1, 0.15) is 17.5 Å². The Balaban J connectivity index is 1.82. The second-order valence-electron chi connectivity index (χ2n) is 7.61. The summed E-state index contributed by atoms with van der Waals surface area (Å²) in [4.78, 5) is 13.2. The Morgan fingerprint density at radius 3 is 2.76 bits per heavy atom. The molecule has 0 amide bonds. The maximum atomic E-state index is 13.2. The molecule has 2 aliphatic heterocycles. The zero-order chi connectivity index (χ0) is 20.4. The van der Waals surface area contributed by atoms with Crippen LogP contribution in [0.4, 0.5) is 5.69 Å². The molecule has 0 saturated carbocycles. The molecule has 0 aliphatic carbocycles. The molecule has 0 atom stereocenters. The molecule has 3 heterocycles. The summed E-state index contributed by atoms with van der Waals surface area (Å²) in [5.41, 5.74) is 3.67. The Hall–Kier alpha value is -2.13. The number of fused-ring (bicyclic) bond motifs is 3. The second-order valence-corrected chi connectivity index (χ2v) is 7.61. The van der Waals surface area contributed by atoms with Crippen molar-refractivity contribution in [2.24, 2.45) is 0 Å². The van der Waals surface area contributed by atoms with Crippen LogP contribution < -0.4 is 15.6 Å². The van der Waals surface area contributed by atoms with E-state index >= 15 is 0 Å². The van der Waals surface area contributed by atoms with Crippen molar-refractivity contribution < 1.29 is 14.2 Å². The van der Waals surface area contributed by atoms with E-state index in [0.717, 1.165) is 85.7 Å². The van der Waals surface area contributed by atoms with Gasteiger partial charge >= 0.3 is 0 Å². The number of nitrogens with one attached hydrogen (secondary N) is 1. The lowest BCUT2D eigenvalue weighted by atomic mass is 9.99. The number of hydrazine groups is 1. The highest BCUT2D eigenvalue weighted by Gasteiger charge is 2.23. The molecule has 0 radical (unpaired) electrons. The summed E-state index contributed by atoms with van der Waals surface area (Å²) in [5, 5.41) is 8.89. The molecule has 4 rings (SSSR count). The number of hydrogen-bond acceptors (Lipinski definition) is 7. The van der Waals surface area contributed by atoms with Gasteiger partial charge in [-0.15, -0.1) is 0 Å². The van der Waals surface area contributed by atoms with Crippen LogP contribution in [0.3, 0.4) is 0 Å². The first kappa shape index (κ1) is 20.2. The molecule has 0 unspecified atom stereocenters. The summed E-state index contributed by atoms with van der Waals surface area (Å²) in [7, 11) is 5.38. The van der Waals surface area contributed by atoms with Gasteiger partial charge in [-0.3, -0.25) is 9.36 Å². The van der Waals surface area contributed by atoms with Gasteiger partial charge in [-0.25, -0.2) is 10.0 Å². The van der Waals surface area contributed by atoms with Crippen LogP contribution in [0.2, 0.25) is 0 Å². The minimum absolute atomic E-state index is 0.0160. The minimum atomic E-state index is 0.0160. The molecule has 2 aromatic rings. The third-order valence-corrected chi connectivity index (χ3v) is 5.75. The van der Waals surface area contributed by atoms with Crippen LogP contribution in [0.25, 0.3) is 10.9 Å². The van der Waals surface area contributed by atoms with Gasteiger partial charge in [-0.1, -0.05) is 0 Å². The van der Waals surface area contributed by atoms with Gasteiger partial charge in [-0.05, 0) is 30.5 Å². The largest absolute Gasteiger partial charge is 0.496 e. The lowest BCUT2D eigenvalue weighted by molar-refractivity contribution is -0.0802. The molecule has 8 nitrogen and oxygen atoms in total. The highest BCUT2D eigenvalue weighted by molar-refractivity contribution is 5.99. The van der Waals surface area contributed by atoms with Gasteiger partial charge in [0.25, 0.3) is 5.56 Å². The average molecular weight is 402 g/mol. The molecular weight excluding hydrogens is 372 g/mol. The number of anilines is 1. The molecule has 29 heavy (non-hydrogen) atoms. The molecule has 1 N–H and O–H groups in total. The monoisotopic (exact) mass is 402 g/mol. The first-order valence-corrected chi connectivity index (χ1v) is 10.2. The zero-order valence-electron chi connectivity index (χ0n) is 17.5. The lowest BCUT2D eigenvalue weighted by Crippen LogP contribution is -2.46. The van der Waals surface area contributed by atoms with E-state index in [1.165, 1.54) is 0 Å². The van der Waals surface area contributed by atoms with Gasteiger partial charge in [-0.2, -0.15) is 0 Å². The van der Waals surface area contributed by atoms with Crippen LogP contribution in [-0.4, -0.2) is 68.7 Å². The Bertz CT molecular complexity index is 937. The minimum Gasteiger partial charge on any atom is -0.496 e. The fourth-order valence-electron chi connectivity index (χ4n) is 4.32. The normalized spacial score (nSPS) is 17.4. The average Bonchev–Trinajstić information content (AvgIpc) is 2.76. The maximum Gasteiger partial charge on any atom is 0.258 e. The number of hydrogen-bond donors (Lipinski definition) is 1. The molecule has 1 saturated heterocycles. The van der Waals surface area contributed by atoms with E-state index in [9.17, 15) is 4.79 Å². The Labute approximate surface area is 170 Å². The summed E-state index contributed by atoms with van der Waals surface area (Å²) < 4.78 is 18.3. The predicted octanol–water partition coefficient (Wildman–Crippen LogP) is 1.65.